The number of hydrogen-bond acceptors (Lipinski definition) is 7. The SMILES string of the molecule is NOCC(=O)NC(Cc1c[nH]c2ccccc12)C(=O)NC(CCCN=C(N)N)C(=O)NCCS. The molecule has 0 fully saturated rings. The molecule has 0 aliphatic rings. The fourth-order valence-electron chi connectivity index (χ4n) is 3.39. The van der Waals surface area contributed by atoms with Gasteiger partial charge in [0.2, 0.25) is 17.7 Å². The molecular weight excluding hydrogens is 460 g/mol. The van der Waals surface area contributed by atoms with Crippen molar-refractivity contribution in [3.05, 3.63) is 36.0 Å². The fourth-order valence-corrected chi connectivity index (χ4v) is 3.50. The molecule has 2 unspecified atom stereocenters. The number of aliphatic imine (C=N–C) groups is 1. The second-order valence-corrected chi connectivity index (χ2v) is 7.97. The number of nitrogens with one attached hydrogen (secondary N) is 4. The zero-order chi connectivity index (χ0) is 24.9. The molecule has 10 N–H and O–H groups in total. The summed E-state index contributed by atoms with van der Waals surface area (Å²) in [7, 11) is 0. The standard InChI is InChI=1S/C21H32N8O4S/c22-21(23)26-7-3-6-16(19(31)25-8-9-34)29-20(32)17(28-18(30)12-33-24)10-13-11-27-15-5-2-1-4-14(13)15/h1-2,4-5,11,16-17,27,34H,3,6-10,12,24H2,(H,25,31)(H,28,30)(H,29,32)(H4,22,23,26). The van der Waals surface area contributed by atoms with Crippen LogP contribution in [0.2, 0.25) is 0 Å². The molecule has 0 saturated carbocycles. The zero-order valence-electron chi connectivity index (χ0n) is 18.8. The van der Waals surface area contributed by atoms with Crippen LogP contribution in [0.1, 0.15) is 18.4 Å². The number of guanidine groups is 1. The van der Waals surface area contributed by atoms with Gasteiger partial charge in [-0.1, -0.05) is 18.2 Å². The number of amides is 3. The van der Waals surface area contributed by atoms with Crippen LogP contribution in [0.3, 0.4) is 0 Å². The number of nitrogens with two attached hydrogens (primary N) is 3. The minimum absolute atomic E-state index is 0.0521. The lowest BCUT2D eigenvalue weighted by atomic mass is 10.0. The fraction of sp³-hybridized carbons (Fsp3) is 0.429. The second kappa shape index (κ2) is 14.1. The first kappa shape index (κ1) is 27.0. The molecular formula is C21H32N8O4S. The molecule has 1 heterocycles. The first-order valence-corrected chi connectivity index (χ1v) is 11.4. The number of para-hydroxylation sites is 1. The molecule has 34 heavy (non-hydrogen) atoms. The lowest BCUT2D eigenvalue weighted by molar-refractivity contribution is -0.133. The number of rotatable bonds is 14. The Morgan fingerprint density at radius 3 is 2.59 bits per heavy atom. The highest BCUT2D eigenvalue weighted by Crippen LogP contribution is 2.19. The summed E-state index contributed by atoms with van der Waals surface area (Å²) in [6.07, 6.45) is 2.71. The van der Waals surface area contributed by atoms with E-state index < -0.39 is 30.5 Å². The van der Waals surface area contributed by atoms with Gasteiger partial charge in [0.25, 0.3) is 0 Å². The average molecular weight is 493 g/mol. The number of benzene rings is 1. The van der Waals surface area contributed by atoms with Crippen molar-refractivity contribution in [2.75, 3.05) is 25.4 Å². The van der Waals surface area contributed by atoms with Gasteiger partial charge >= 0.3 is 0 Å². The van der Waals surface area contributed by atoms with Crippen LogP contribution < -0.4 is 33.3 Å². The Morgan fingerprint density at radius 2 is 1.88 bits per heavy atom. The number of aromatic nitrogens is 1. The van der Waals surface area contributed by atoms with E-state index in [1.165, 1.54) is 0 Å². The van der Waals surface area contributed by atoms with Gasteiger partial charge in [-0.2, -0.15) is 12.6 Å². The van der Waals surface area contributed by atoms with Crippen molar-refractivity contribution in [3.63, 3.8) is 0 Å². The van der Waals surface area contributed by atoms with E-state index in [1.54, 1.807) is 6.20 Å². The minimum atomic E-state index is -0.972. The molecule has 2 aromatic rings. The Bertz CT molecular complexity index is 992. The van der Waals surface area contributed by atoms with Crippen molar-refractivity contribution in [3.8, 4) is 0 Å². The van der Waals surface area contributed by atoms with Gasteiger partial charge in [-0.3, -0.25) is 24.2 Å². The van der Waals surface area contributed by atoms with Crippen LogP contribution in [0, 0.1) is 0 Å². The molecule has 1 aromatic carbocycles. The third kappa shape index (κ3) is 8.57. The highest BCUT2D eigenvalue weighted by atomic mass is 32.1. The molecule has 0 radical (unpaired) electrons. The molecule has 2 atom stereocenters. The Balaban J connectivity index is 2.18. The average Bonchev–Trinajstić information content (AvgIpc) is 3.21. The Hall–Kier alpha value is -3.29. The van der Waals surface area contributed by atoms with Crippen LogP contribution in [-0.4, -0.2) is 66.2 Å². The lowest BCUT2D eigenvalue weighted by Crippen LogP contribution is -2.55. The molecule has 12 nitrogen and oxygen atoms in total. The van der Waals surface area contributed by atoms with Crippen LogP contribution in [-0.2, 0) is 25.6 Å². The number of aromatic amines is 1. The summed E-state index contributed by atoms with van der Waals surface area (Å²) in [6, 6.07) is 5.78. The topological polar surface area (TPSA) is 203 Å². The van der Waals surface area contributed by atoms with E-state index in [2.05, 4.69) is 43.4 Å². The van der Waals surface area contributed by atoms with Crippen molar-refractivity contribution in [1.82, 2.24) is 20.9 Å². The quantitative estimate of drug-likeness (QED) is 0.0524. The van der Waals surface area contributed by atoms with Crippen molar-refractivity contribution in [2.24, 2.45) is 22.4 Å². The van der Waals surface area contributed by atoms with Crippen molar-refractivity contribution in [1.29, 1.82) is 0 Å². The Labute approximate surface area is 202 Å². The number of thiol groups is 1. The predicted octanol–water partition coefficient (Wildman–Crippen LogP) is -1.33. The Morgan fingerprint density at radius 1 is 1.12 bits per heavy atom. The summed E-state index contributed by atoms with van der Waals surface area (Å²) in [4.78, 5) is 49.4. The molecule has 0 aliphatic heterocycles. The smallest absolute Gasteiger partial charge is 0.248 e. The number of hydrogen-bond donors (Lipinski definition) is 8. The van der Waals surface area contributed by atoms with Gasteiger partial charge in [0, 0.05) is 42.4 Å². The number of carbonyl (C=O) groups excluding carboxylic acids is 3. The molecule has 2 rings (SSSR count). The van der Waals surface area contributed by atoms with Gasteiger partial charge in [0.1, 0.15) is 18.7 Å². The summed E-state index contributed by atoms with van der Waals surface area (Å²) < 4.78 is 0. The van der Waals surface area contributed by atoms with Gasteiger partial charge < -0.3 is 32.4 Å². The zero-order valence-corrected chi connectivity index (χ0v) is 19.6. The van der Waals surface area contributed by atoms with Crippen LogP contribution in [0.25, 0.3) is 10.9 Å². The molecule has 1 aromatic heterocycles. The van der Waals surface area contributed by atoms with Crippen LogP contribution in [0.15, 0.2) is 35.5 Å². The summed E-state index contributed by atoms with van der Waals surface area (Å²) >= 11 is 4.09. The van der Waals surface area contributed by atoms with Gasteiger partial charge in [-0.05, 0) is 24.5 Å². The largest absolute Gasteiger partial charge is 0.370 e. The summed E-state index contributed by atoms with van der Waals surface area (Å²) in [6.45, 7) is 0.228. The summed E-state index contributed by atoms with van der Waals surface area (Å²) in [5.41, 5.74) is 12.4. The molecule has 3 amide bonds. The monoisotopic (exact) mass is 492 g/mol. The molecule has 13 heteroatoms. The Kier molecular flexibility index (Phi) is 11.2. The molecule has 186 valence electrons. The van der Waals surface area contributed by atoms with Crippen molar-refractivity contribution in [2.45, 2.75) is 31.3 Å². The van der Waals surface area contributed by atoms with E-state index in [1.807, 2.05) is 24.3 Å². The van der Waals surface area contributed by atoms with Gasteiger partial charge in [0.15, 0.2) is 5.96 Å². The van der Waals surface area contributed by atoms with E-state index in [0.717, 1.165) is 16.5 Å². The minimum Gasteiger partial charge on any atom is -0.370 e. The molecule has 0 bridgehead atoms. The number of carbonyl (C=O) groups is 3. The maximum atomic E-state index is 13.2. The highest BCUT2D eigenvalue weighted by Gasteiger charge is 2.27. The lowest BCUT2D eigenvalue weighted by Gasteiger charge is -2.23. The first-order chi connectivity index (χ1) is 16.3. The maximum absolute atomic E-state index is 13.2. The molecule has 0 spiro atoms. The predicted molar refractivity (Wildman–Crippen MR) is 133 cm³/mol. The van der Waals surface area contributed by atoms with Crippen LogP contribution in [0.5, 0.6) is 0 Å². The molecule has 0 saturated heterocycles. The number of fused-ring (bicyclic) bond motifs is 1. The van der Waals surface area contributed by atoms with Crippen LogP contribution in [0.4, 0.5) is 0 Å². The number of nitrogens with zero attached hydrogens (tertiary/aromatic N) is 1. The van der Waals surface area contributed by atoms with Gasteiger partial charge in [-0.25, -0.2) is 5.90 Å². The van der Waals surface area contributed by atoms with E-state index in [9.17, 15) is 14.4 Å². The second-order valence-electron chi connectivity index (χ2n) is 7.52. The third-order valence-electron chi connectivity index (χ3n) is 4.95. The summed E-state index contributed by atoms with van der Waals surface area (Å²) in [5, 5.41) is 8.99. The summed E-state index contributed by atoms with van der Waals surface area (Å²) in [5.74, 6) is 3.93. The first-order valence-electron chi connectivity index (χ1n) is 10.8. The van der Waals surface area contributed by atoms with E-state index in [-0.39, 0.29) is 18.3 Å². The van der Waals surface area contributed by atoms with E-state index in [0.29, 0.717) is 31.7 Å². The number of H-pyrrole nitrogens is 1. The van der Waals surface area contributed by atoms with Crippen LogP contribution >= 0.6 is 12.6 Å². The highest BCUT2D eigenvalue weighted by molar-refractivity contribution is 7.80. The van der Waals surface area contributed by atoms with Crippen molar-refractivity contribution < 1.29 is 19.2 Å². The van der Waals surface area contributed by atoms with Gasteiger partial charge in [-0.15, -0.1) is 0 Å². The normalized spacial score (nSPS) is 12.5. The third-order valence-corrected chi connectivity index (χ3v) is 5.18. The molecule has 0 aliphatic carbocycles. The van der Waals surface area contributed by atoms with Crippen molar-refractivity contribution >= 4 is 47.2 Å². The van der Waals surface area contributed by atoms with E-state index in [4.69, 9.17) is 17.4 Å². The van der Waals surface area contributed by atoms with E-state index >= 15 is 0 Å². The van der Waals surface area contributed by atoms with Gasteiger partial charge in [0.05, 0.1) is 0 Å². The maximum Gasteiger partial charge on any atom is 0.248 e.